The Labute approximate surface area is 95.0 Å². The lowest BCUT2D eigenvalue weighted by Gasteiger charge is -1.98. The Morgan fingerprint density at radius 3 is 2.75 bits per heavy atom. The summed E-state index contributed by atoms with van der Waals surface area (Å²) in [5, 5.41) is 17.7. The van der Waals surface area contributed by atoms with Crippen LogP contribution in [-0.4, -0.2) is 15.1 Å². The van der Waals surface area contributed by atoms with Crippen molar-refractivity contribution in [1.29, 1.82) is 0 Å². The summed E-state index contributed by atoms with van der Waals surface area (Å²) >= 11 is 5.47. The maximum atomic E-state index is 10.7. The van der Waals surface area contributed by atoms with Gasteiger partial charge in [-0.2, -0.15) is 0 Å². The van der Waals surface area contributed by atoms with E-state index in [-0.39, 0.29) is 16.9 Å². The second-order valence-electron chi connectivity index (χ2n) is 3.12. The quantitative estimate of drug-likeness (QED) is 0.594. The lowest BCUT2D eigenvalue weighted by molar-refractivity contribution is -0.385. The molecule has 0 bridgehead atoms. The molecule has 1 heterocycles. The first-order chi connectivity index (χ1) is 7.58. The number of aromatic nitrogens is 2. The summed E-state index contributed by atoms with van der Waals surface area (Å²) in [7, 11) is 0. The molecule has 82 valence electrons. The summed E-state index contributed by atoms with van der Waals surface area (Å²) in [4.78, 5) is 10.3. The molecule has 6 nitrogen and oxygen atoms in total. The van der Waals surface area contributed by atoms with Crippen molar-refractivity contribution in [1.82, 2.24) is 10.2 Å². The molecule has 7 heteroatoms. The molecule has 2 aromatic rings. The average molecular weight is 240 g/mol. The average Bonchev–Trinajstić information content (AvgIpc) is 2.65. The van der Waals surface area contributed by atoms with Gasteiger partial charge in [0.05, 0.1) is 4.92 Å². The Morgan fingerprint density at radius 1 is 1.44 bits per heavy atom. The predicted molar refractivity (Wildman–Crippen MR) is 56.1 cm³/mol. The number of halogens is 1. The molecule has 2 rings (SSSR count). The van der Waals surface area contributed by atoms with Gasteiger partial charge in [-0.15, -0.1) is 5.10 Å². The molecule has 0 saturated heterocycles. The molecule has 0 radical (unpaired) electrons. The van der Waals surface area contributed by atoms with Gasteiger partial charge < -0.3 is 4.42 Å². The fourth-order valence-corrected chi connectivity index (χ4v) is 1.37. The van der Waals surface area contributed by atoms with Gasteiger partial charge in [-0.05, 0) is 24.6 Å². The van der Waals surface area contributed by atoms with E-state index in [2.05, 4.69) is 10.2 Å². The molecular weight excluding hydrogens is 234 g/mol. The van der Waals surface area contributed by atoms with E-state index in [1.54, 1.807) is 19.1 Å². The third kappa shape index (κ3) is 1.87. The fourth-order valence-electron chi connectivity index (χ4n) is 1.26. The van der Waals surface area contributed by atoms with Gasteiger partial charge in [0.15, 0.2) is 0 Å². The van der Waals surface area contributed by atoms with Crippen molar-refractivity contribution in [3.63, 3.8) is 0 Å². The van der Waals surface area contributed by atoms with Gasteiger partial charge >= 0.3 is 5.35 Å². The van der Waals surface area contributed by atoms with Crippen molar-refractivity contribution in [2.75, 3.05) is 0 Å². The largest absolute Gasteiger partial charge is 0.407 e. The molecule has 0 saturated carbocycles. The van der Waals surface area contributed by atoms with E-state index in [0.717, 1.165) is 0 Å². The van der Waals surface area contributed by atoms with E-state index in [1.807, 2.05) is 0 Å². The van der Waals surface area contributed by atoms with Crippen LogP contribution in [0.3, 0.4) is 0 Å². The number of rotatable bonds is 2. The van der Waals surface area contributed by atoms with E-state index in [9.17, 15) is 10.1 Å². The zero-order valence-corrected chi connectivity index (χ0v) is 8.93. The molecule has 16 heavy (non-hydrogen) atoms. The number of hydrogen-bond acceptors (Lipinski definition) is 5. The van der Waals surface area contributed by atoms with Crippen LogP contribution >= 0.6 is 11.6 Å². The van der Waals surface area contributed by atoms with Crippen LogP contribution in [0.15, 0.2) is 22.6 Å². The van der Waals surface area contributed by atoms with Gasteiger partial charge in [0.25, 0.3) is 5.69 Å². The summed E-state index contributed by atoms with van der Waals surface area (Å²) in [6.07, 6.45) is 0. The maximum absolute atomic E-state index is 10.7. The molecule has 0 aliphatic heterocycles. The molecule has 0 spiro atoms. The van der Waals surface area contributed by atoms with Crippen LogP contribution in [0.25, 0.3) is 11.5 Å². The number of nitro benzene ring substituents is 1. The number of nitro groups is 1. The summed E-state index contributed by atoms with van der Waals surface area (Å²) in [6.45, 7) is 1.66. The SMILES string of the molecule is Cc1ccc(-c2nnc(Cl)o2)cc1[N+](=O)[O-]. The number of hydrogen-bond donors (Lipinski definition) is 0. The van der Waals surface area contributed by atoms with Crippen LogP contribution < -0.4 is 0 Å². The first-order valence-corrected chi connectivity index (χ1v) is 4.70. The van der Waals surface area contributed by atoms with Gasteiger partial charge in [0.2, 0.25) is 5.89 Å². The summed E-state index contributed by atoms with van der Waals surface area (Å²) in [6, 6.07) is 4.65. The number of benzene rings is 1. The van der Waals surface area contributed by atoms with Crippen molar-refractivity contribution in [3.05, 3.63) is 39.2 Å². The molecular formula is C9H6ClN3O3. The minimum Gasteiger partial charge on any atom is -0.407 e. The Morgan fingerprint density at radius 2 is 2.19 bits per heavy atom. The highest BCUT2D eigenvalue weighted by Crippen LogP contribution is 2.26. The van der Waals surface area contributed by atoms with E-state index in [0.29, 0.717) is 11.1 Å². The molecule has 0 fully saturated rings. The first-order valence-electron chi connectivity index (χ1n) is 4.32. The fraction of sp³-hybridized carbons (Fsp3) is 0.111. The van der Waals surface area contributed by atoms with Crippen molar-refractivity contribution in [2.45, 2.75) is 6.92 Å². The van der Waals surface area contributed by atoms with Gasteiger partial charge in [0, 0.05) is 17.2 Å². The lowest BCUT2D eigenvalue weighted by atomic mass is 10.1. The molecule has 0 N–H and O–H groups in total. The molecule has 0 aliphatic carbocycles. The maximum Gasteiger partial charge on any atom is 0.313 e. The minimum atomic E-state index is -0.461. The number of aryl methyl sites for hydroxylation is 1. The van der Waals surface area contributed by atoms with Gasteiger partial charge in [-0.1, -0.05) is 11.2 Å². The first kappa shape index (κ1) is 10.6. The lowest BCUT2D eigenvalue weighted by Crippen LogP contribution is -1.92. The molecule has 0 unspecified atom stereocenters. The Bertz CT molecular complexity index is 553. The summed E-state index contributed by atoms with van der Waals surface area (Å²) in [5.41, 5.74) is 1.04. The zero-order valence-electron chi connectivity index (χ0n) is 8.18. The van der Waals surface area contributed by atoms with Crippen LogP contribution in [0.4, 0.5) is 5.69 Å². The van der Waals surface area contributed by atoms with Crippen molar-refractivity contribution < 1.29 is 9.34 Å². The minimum absolute atomic E-state index is 0.00632. The standard InChI is InChI=1S/C9H6ClN3O3/c1-5-2-3-6(4-7(5)13(14)15)8-11-12-9(10)16-8/h2-4H,1H3. The third-order valence-electron chi connectivity index (χ3n) is 2.05. The van der Waals surface area contributed by atoms with E-state index >= 15 is 0 Å². The highest BCUT2D eigenvalue weighted by Gasteiger charge is 2.14. The second-order valence-corrected chi connectivity index (χ2v) is 3.44. The van der Waals surface area contributed by atoms with Crippen LogP contribution in [0, 0.1) is 17.0 Å². The molecule has 1 aromatic heterocycles. The van der Waals surface area contributed by atoms with Crippen molar-refractivity contribution >= 4 is 17.3 Å². The Balaban J connectivity index is 2.51. The number of nitrogens with zero attached hydrogens (tertiary/aromatic N) is 3. The monoisotopic (exact) mass is 239 g/mol. The van der Waals surface area contributed by atoms with Gasteiger partial charge in [-0.3, -0.25) is 10.1 Å². The van der Waals surface area contributed by atoms with Crippen LogP contribution in [0.5, 0.6) is 0 Å². The highest BCUT2D eigenvalue weighted by atomic mass is 35.5. The van der Waals surface area contributed by atoms with Crippen LogP contribution in [0.1, 0.15) is 5.56 Å². The van der Waals surface area contributed by atoms with Crippen molar-refractivity contribution in [2.24, 2.45) is 0 Å². The van der Waals surface area contributed by atoms with E-state index < -0.39 is 4.92 Å². The Hall–Kier alpha value is -1.95. The normalized spacial score (nSPS) is 10.4. The summed E-state index contributed by atoms with van der Waals surface area (Å²) < 4.78 is 4.96. The van der Waals surface area contributed by atoms with Gasteiger partial charge in [-0.25, -0.2) is 0 Å². The smallest absolute Gasteiger partial charge is 0.313 e. The molecule has 0 aliphatic rings. The topological polar surface area (TPSA) is 82.1 Å². The molecule has 0 amide bonds. The van der Waals surface area contributed by atoms with E-state index in [4.69, 9.17) is 16.0 Å². The third-order valence-corrected chi connectivity index (χ3v) is 2.21. The molecule has 0 atom stereocenters. The van der Waals surface area contributed by atoms with Crippen LogP contribution in [0.2, 0.25) is 5.35 Å². The van der Waals surface area contributed by atoms with Crippen molar-refractivity contribution in [3.8, 4) is 11.5 Å². The van der Waals surface area contributed by atoms with E-state index in [1.165, 1.54) is 6.07 Å². The molecule has 1 aromatic carbocycles. The predicted octanol–water partition coefficient (Wildman–Crippen LogP) is 2.61. The summed E-state index contributed by atoms with van der Waals surface area (Å²) in [5.74, 6) is 0.160. The zero-order chi connectivity index (χ0) is 11.7. The highest BCUT2D eigenvalue weighted by molar-refractivity contribution is 6.27. The van der Waals surface area contributed by atoms with Crippen LogP contribution in [-0.2, 0) is 0 Å². The van der Waals surface area contributed by atoms with Gasteiger partial charge in [0.1, 0.15) is 0 Å². The Kier molecular flexibility index (Phi) is 2.57. The second kappa shape index (κ2) is 3.90.